The number of amides is 1. The summed E-state index contributed by atoms with van der Waals surface area (Å²) in [4.78, 5) is 14.5. The van der Waals surface area contributed by atoms with E-state index in [-0.39, 0.29) is 12.7 Å². The lowest BCUT2D eigenvalue weighted by molar-refractivity contribution is -0.121. The Kier molecular flexibility index (Phi) is 6.63. The van der Waals surface area contributed by atoms with Crippen LogP contribution in [0.2, 0.25) is 0 Å². The molecule has 2 aromatic rings. The molecular weight excluding hydrogens is 354 g/mol. The molecule has 0 unspecified atom stereocenters. The highest BCUT2D eigenvalue weighted by Crippen LogP contribution is 2.32. The predicted molar refractivity (Wildman–Crippen MR) is 112 cm³/mol. The van der Waals surface area contributed by atoms with Crippen molar-refractivity contribution in [3.8, 4) is 11.5 Å². The Hall–Kier alpha value is -2.89. The number of nitrogens with zero attached hydrogens (tertiary/aromatic N) is 1. The molecule has 6 nitrogen and oxygen atoms in total. The van der Waals surface area contributed by atoms with Crippen LogP contribution in [0.3, 0.4) is 0 Å². The molecule has 1 amide bonds. The van der Waals surface area contributed by atoms with Gasteiger partial charge in [-0.2, -0.15) is 0 Å². The summed E-state index contributed by atoms with van der Waals surface area (Å²) >= 11 is 0. The van der Waals surface area contributed by atoms with Crippen LogP contribution in [0, 0.1) is 6.92 Å². The first-order valence-electron chi connectivity index (χ1n) is 9.85. The van der Waals surface area contributed by atoms with Crippen LogP contribution in [-0.2, 0) is 11.3 Å². The lowest BCUT2D eigenvalue weighted by Gasteiger charge is -2.22. The van der Waals surface area contributed by atoms with Crippen molar-refractivity contribution in [2.24, 2.45) is 0 Å². The second-order valence-electron chi connectivity index (χ2n) is 6.81. The van der Waals surface area contributed by atoms with Gasteiger partial charge in [0, 0.05) is 44.0 Å². The molecule has 0 aliphatic carbocycles. The summed E-state index contributed by atoms with van der Waals surface area (Å²) in [7, 11) is 0. The van der Waals surface area contributed by atoms with Crippen molar-refractivity contribution in [3.63, 3.8) is 0 Å². The van der Waals surface area contributed by atoms with Crippen LogP contribution >= 0.6 is 0 Å². The second-order valence-corrected chi connectivity index (χ2v) is 6.81. The number of fused-ring (bicyclic) bond motifs is 1. The molecule has 0 saturated heterocycles. The van der Waals surface area contributed by atoms with Gasteiger partial charge < -0.3 is 25.0 Å². The van der Waals surface area contributed by atoms with E-state index in [9.17, 15) is 4.79 Å². The molecule has 6 heteroatoms. The minimum atomic E-state index is 0.0163. The number of aryl methyl sites for hydroxylation is 1. The fourth-order valence-electron chi connectivity index (χ4n) is 3.28. The van der Waals surface area contributed by atoms with E-state index >= 15 is 0 Å². The lowest BCUT2D eigenvalue weighted by atomic mass is 10.1. The minimum Gasteiger partial charge on any atom is -0.454 e. The summed E-state index contributed by atoms with van der Waals surface area (Å²) in [6, 6.07) is 12.1. The maximum absolute atomic E-state index is 12.1. The molecule has 1 aliphatic heterocycles. The third-order valence-corrected chi connectivity index (χ3v) is 4.93. The van der Waals surface area contributed by atoms with Gasteiger partial charge in [0.05, 0.1) is 0 Å². The van der Waals surface area contributed by atoms with Gasteiger partial charge in [-0.1, -0.05) is 6.07 Å². The van der Waals surface area contributed by atoms with Gasteiger partial charge in [0.15, 0.2) is 11.5 Å². The number of benzene rings is 2. The van der Waals surface area contributed by atoms with Crippen molar-refractivity contribution < 1.29 is 14.3 Å². The third kappa shape index (κ3) is 4.88. The van der Waals surface area contributed by atoms with Crippen molar-refractivity contribution >= 4 is 17.3 Å². The molecule has 1 aliphatic rings. The summed E-state index contributed by atoms with van der Waals surface area (Å²) in [6.45, 7) is 9.73. The molecular formula is C22H29N3O3. The average molecular weight is 383 g/mol. The monoisotopic (exact) mass is 383 g/mol. The van der Waals surface area contributed by atoms with Crippen molar-refractivity contribution in [2.45, 2.75) is 33.7 Å². The van der Waals surface area contributed by atoms with Gasteiger partial charge in [0.1, 0.15) is 0 Å². The predicted octanol–water partition coefficient (Wildman–Crippen LogP) is 3.69. The molecule has 0 saturated carbocycles. The minimum absolute atomic E-state index is 0.0163. The van der Waals surface area contributed by atoms with E-state index in [0.29, 0.717) is 19.5 Å². The van der Waals surface area contributed by atoms with E-state index in [0.717, 1.165) is 35.8 Å². The first-order valence-corrected chi connectivity index (χ1v) is 9.85. The summed E-state index contributed by atoms with van der Waals surface area (Å²) in [5, 5.41) is 6.31. The molecule has 3 rings (SSSR count). The van der Waals surface area contributed by atoms with Crippen molar-refractivity contribution in [1.29, 1.82) is 0 Å². The quantitative estimate of drug-likeness (QED) is 0.692. The summed E-state index contributed by atoms with van der Waals surface area (Å²) in [6.07, 6.45) is 0.418. The molecule has 0 atom stereocenters. The number of nitrogens with one attached hydrogen (secondary N) is 2. The molecule has 0 fully saturated rings. The van der Waals surface area contributed by atoms with Crippen molar-refractivity contribution in [3.05, 3.63) is 47.5 Å². The Morgan fingerprint density at radius 3 is 2.61 bits per heavy atom. The van der Waals surface area contributed by atoms with Crippen LogP contribution in [0.4, 0.5) is 11.4 Å². The SMILES string of the molecule is CCN(CC)c1ccc(NCCC(=O)NCc2ccc3c(c2)OCO3)c(C)c1. The summed E-state index contributed by atoms with van der Waals surface area (Å²) in [5.74, 6) is 1.50. The highest BCUT2D eigenvalue weighted by atomic mass is 16.7. The van der Waals surface area contributed by atoms with Crippen LogP contribution in [-0.4, -0.2) is 32.3 Å². The maximum Gasteiger partial charge on any atom is 0.231 e. The Morgan fingerprint density at radius 1 is 1.07 bits per heavy atom. The van der Waals surface area contributed by atoms with Gasteiger partial charge in [0.2, 0.25) is 12.7 Å². The van der Waals surface area contributed by atoms with Gasteiger partial charge in [-0.15, -0.1) is 0 Å². The average Bonchev–Trinajstić information content (AvgIpc) is 3.17. The maximum atomic E-state index is 12.1. The largest absolute Gasteiger partial charge is 0.454 e. The van der Waals surface area contributed by atoms with E-state index in [1.165, 1.54) is 11.3 Å². The van der Waals surface area contributed by atoms with Gasteiger partial charge >= 0.3 is 0 Å². The number of carbonyl (C=O) groups excluding carboxylic acids is 1. The van der Waals surface area contributed by atoms with Crippen LogP contribution in [0.15, 0.2) is 36.4 Å². The van der Waals surface area contributed by atoms with E-state index in [4.69, 9.17) is 9.47 Å². The molecule has 28 heavy (non-hydrogen) atoms. The van der Waals surface area contributed by atoms with Gasteiger partial charge in [-0.3, -0.25) is 4.79 Å². The fraction of sp³-hybridized carbons (Fsp3) is 0.409. The van der Waals surface area contributed by atoms with Gasteiger partial charge in [0.25, 0.3) is 0 Å². The van der Waals surface area contributed by atoms with Gasteiger partial charge in [-0.25, -0.2) is 0 Å². The Balaban J connectivity index is 1.44. The zero-order chi connectivity index (χ0) is 19.9. The molecule has 0 bridgehead atoms. The highest BCUT2D eigenvalue weighted by Gasteiger charge is 2.13. The first kappa shape index (κ1) is 19.9. The molecule has 0 radical (unpaired) electrons. The molecule has 150 valence electrons. The number of carbonyl (C=O) groups is 1. The fourth-order valence-corrected chi connectivity index (χ4v) is 3.28. The molecule has 0 spiro atoms. The van der Waals surface area contributed by atoms with Crippen LogP contribution in [0.1, 0.15) is 31.4 Å². The first-order chi connectivity index (χ1) is 13.6. The summed E-state index contributed by atoms with van der Waals surface area (Å²) < 4.78 is 10.7. The van der Waals surface area contributed by atoms with Crippen LogP contribution < -0.4 is 25.0 Å². The van der Waals surface area contributed by atoms with Crippen molar-refractivity contribution in [1.82, 2.24) is 5.32 Å². The Labute approximate surface area is 166 Å². The topological polar surface area (TPSA) is 62.8 Å². The summed E-state index contributed by atoms with van der Waals surface area (Å²) in [5.41, 5.74) is 4.48. The Bertz CT molecular complexity index is 819. The van der Waals surface area contributed by atoms with Crippen molar-refractivity contribution in [2.75, 3.05) is 36.6 Å². The number of rotatable bonds is 9. The molecule has 2 aromatic carbocycles. The van der Waals surface area contributed by atoms with E-state index in [2.05, 4.69) is 54.5 Å². The van der Waals surface area contributed by atoms with Gasteiger partial charge in [-0.05, 0) is 62.2 Å². The number of hydrogen-bond acceptors (Lipinski definition) is 5. The molecule has 0 aromatic heterocycles. The zero-order valence-electron chi connectivity index (χ0n) is 16.9. The van der Waals surface area contributed by atoms with Crippen LogP contribution in [0.25, 0.3) is 0 Å². The normalized spacial score (nSPS) is 12.0. The highest BCUT2D eigenvalue weighted by molar-refractivity contribution is 5.76. The molecule has 2 N–H and O–H groups in total. The second kappa shape index (κ2) is 9.35. The Morgan fingerprint density at radius 2 is 1.86 bits per heavy atom. The lowest BCUT2D eigenvalue weighted by Crippen LogP contribution is -2.25. The standard InChI is InChI=1S/C22H29N3O3/c1-4-25(5-2)18-7-8-19(16(3)12-18)23-11-10-22(26)24-14-17-6-9-20-21(13-17)28-15-27-20/h6-9,12-13,23H,4-5,10-11,14-15H2,1-3H3,(H,24,26). The van der Waals surface area contributed by atoms with E-state index in [1.807, 2.05) is 18.2 Å². The molecule has 1 heterocycles. The number of anilines is 2. The number of ether oxygens (including phenoxy) is 2. The number of hydrogen-bond donors (Lipinski definition) is 2. The van der Waals surface area contributed by atoms with Crippen LogP contribution in [0.5, 0.6) is 11.5 Å². The smallest absolute Gasteiger partial charge is 0.231 e. The van der Waals surface area contributed by atoms with E-state index < -0.39 is 0 Å². The van der Waals surface area contributed by atoms with E-state index in [1.54, 1.807) is 0 Å². The third-order valence-electron chi connectivity index (χ3n) is 4.93. The zero-order valence-corrected chi connectivity index (χ0v) is 16.9.